The number of nitrogens with one attached hydrogen (secondary N) is 1. The van der Waals surface area contributed by atoms with Gasteiger partial charge in [-0.2, -0.15) is 0 Å². The molecule has 0 unspecified atom stereocenters. The second-order valence-corrected chi connectivity index (χ2v) is 7.77. The van der Waals surface area contributed by atoms with E-state index in [2.05, 4.69) is 22.4 Å². The number of piperidine rings is 1. The van der Waals surface area contributed by atoms with Crippen molar-refractivity contribution in [2.45, 2.75) is 51.5 Å². The molecule has 4 heteroatoms. The molecule has 1 aromatic carbocycles. The molecule has 0 atom stereocenters. The number of amides is 1. The van der Waals surface area contributed by atoms with Gasteiger partial charge in [0, 0.05) is 24.0 Å². The molecule has 1 aromatic rings. The van der Waals surface area contributed by atoms with E-state index in [1.807, 2.05) is 18.2 Å². The molecule has 136 valence electrons. The lowest BCUT2D eigenvalue weighted by atomic mass is 9.95. The summed E-state index contributed by atoms with van der Waals surface area (Å²) in [5, 5.41) is 3.95. The summed E-state index contributed by atoms with van der Waals surface area (Å²) in [5.41, 5.74) is 2.78. The van der Waals surface area contributed by atoms with Crippen molar-refractivity contribution in [3.8, 4) is 0 Å². The van der Waals surface area contributed by atoms with Gasteiger partial charge in [-0.05, 0) is 75.7 Å². The summed E-state index contributed by atoms with van der Waals surface area (Å²) in [6.45, 7) is 3.68. The SMILES string of the molecule is O=C(NCCC1=CCCCC1)C1CCN(Cc2cccc(Cl)c2)CC1. The van der Waals surface area contributed by atoms with Crippen molar-refractivity contribution in [2.24, 2.45) is 5.92 Å². The number of nitrogens with zero attached hydrogens (tertiary/aromatic N) is 1. The number of likely N-dealkylation sites (tertiary alicyclic amines) is 1. The molecule has 1 saturated heterocycles. The van der Waals surface area contributed by atoms with E-state index in [1.54, 1.807) is 0 Å². The molecule has 25 heavy (non-hydrogen) atoms. The third-order valence-electron chi connectivity index (χ3n) is 5.38. The van der Waals surface area contributed by atoms with E-state index in [0.29, 0.717) is 0 Å². The maximum Gasteiger partial charge on any atom is 0.223 e. The van der Waals surface area contributed by atoms with E-state index in [4.69, 9.17) is 11.6 Å². The van der Waals surface area contributed by atoms with Crippen LogP contribution in [0.5, 0.6) is 0 Å². The smallest absolute Gasteiger partial charge is 0.223 e. The summed E-state index contributed by atoms with van der Waals surface area (Å²) < 4.78 is 0. The third-order valence-corrected chi connectivity index (χ3v) is 5.62. The fraction of sp³-hybridized carbons (Fsp3) is 0.571. The summed E-state index contributed by atoms with van der Waals surface area (Å²) in [5.74, 6) is 0.426. The molecule has 1 aliphatic heterocycles. The van der Waals surface area contributed by atoms with E-state index in [-0.39, 0.29) is 11.8 Å². The predicted molar refractivity (Wildman–Crippen MR) is 104 cm³/mol. The van der Waals surface area contributed by atoms with Gasteiger partial charge in [-0.25, -0.2) is 0 Å². The van der Waals surface area contributed by atoms with E-state index in [0.717, 1.165) is 50.5 Å². The second-order valence-electron chi connectivity index (χ2n) is 7.33. The molecule has 1 fully saturated rings. The van der Waals surface area contributed by atoms with Crippen molar-refractivity contribution in [2.75, 3.05) is 19.6 Å². The first kappa shape index (κ1) is 18.5. The summed E-state index contributed by atoms with van der Waals surface area (Å²) in [6, 6.07) is 8.05. The molecule has 1 aliphatic carbocycles. The summed E-state index contributed by atoms with van der Waals surface area (Å²) >= 11 is 6.06. The molecule has 0 aromatic heterocycles. The molecule has 2 aliphatic rings. The zero-order valence-electron chi connectivity index (χ0n) is 15.0. The van der Waals surface area contributed by atoms with Crippen LogP contribution < -0.4 is 5.32 Å². The number of rotatable bonds is 6. The highest BCUT2D eigenvalue weighted by Gasteiger charge is 2.24. The van der Waals surface area contributed by atoms with Gasteiger partial charge < -0.3 is 5.32 Å². The Labute approximate surface area is 156 Å². The fourth-order valence-corrected chi connectivity index (χ4v) is 4.08. The fourth-order valence-electron chi connectivity index (χ4n) is 3.87. The summed E-state index contributed by atoms with van der Waals surface area (Å²) in [7, 11) is 0. The second kappa shape index (κ2) is 9.40. The van der Waals surface area contributed by atoms with Crippen molar-refractivity contribution in [1.29, 1.82) is 0 Å². The number of hydrogen-bond donors (Lipinski definition) is 1. The van der Waals surface area contributed by atoms with Gasteiger partial charge >= 0.3 is 0 Å². The van der Waals surface area contributed by atoms with Crippen LogP contribution in [-0.2, 0) is 11.3 Å². The molecule has 3 nitrogen and oxygen atoms in total. The lowest BCUT2D eigenvalue weighted by Crippen LogP contribution is -2.40. The molecular formula is C21H29ClN2O. The Bertz CT molecular complexity index is 606. The van der Waals surface area contributed by atoms with E-state index in [9.17, 15) is 4.79 Å². The van der Waals surface area contributed by atoms with Crippen LogP contribution in [-0.4, -0.2) is 30.4 Å². The lowest BCUT2D eigenvalue weighted by Gasteiger charge is -2.31. The Morgan fingerprint density at radius 3 is 2.80 bits per heavy atom. The lowest BCUT2D eigenvalue weighted by molar-refractivity contribution is -0.126. The van der Waals surface area contributed by atoms with Crippen LogP contribution in [0.1, 0.15) is 50.5 Å². The quantitative estimate of drug-likeness (QED) is 0.754. The average molecular weight is 361 g/mol. The highest BCUT2D eigenvalue weighted by molar-refractivity contribution is 6.30. The minimum absolute atomic E-state index is 0.177. The number of carbonyl (C=O) groups is 1. The van der Waals surface area contributed by atoms with Gasteiger partial charge in [-0.3, -0.25) is 9.69 Å². The highest BCUT2D eigenvalue weighted by atomic mass is 35.5. The molecular weight excluding hydrogens is 332 g/mol. The van der Waals surface area contributed by atoms with Gasteiger partial charge in [0.1, 0.15) is 0 Å². The van der Waals surface area contributed by atoms with Crippen molar-refractivity contribution in [3.63, 3.8) is 0 Å². The zero-order valence-corrected chi connectivity index (χ0v) is 15.7. The molecule has 0 bridgehead atoms. The average Bonchev–Trinajstić information content (AvgIpc) is 2.63. The molecule has 1 amide bonds. The Morgan fingerprint density at radius 1 is 1.24 bits per heavy atom. The van der Waals surface area contributed by atoms with E-state index < -0.39 is 0 Å². The number of benzene rings is 1. The largest absolute Gasteiger partial charge is 0.356 e. The molecule has 0 saturated carbocycles. The third kappa shape index (κ3) is 5.86. The normalized spacial score (nSPS) is 19.5. The number of halogens is 1. The zero-order chi connectivity index (χ0) is 17.5. The minimum atomic E-state index is 0.177. The van der Waals surface area contributed by atoms with Crippen LogP contribution in [0.25, 0.3) is 0 Å². The first-order chi connectivity index (χ1) is 12.2. The molecule has 0 radical (unpaired) electrons. The topological polar surface area (TPSA) is 32.3 Å². The van der Waals surface area contributed by atoms with E-state index >= 15 is 0 Å². The van der Waals surface area contributed by atoms with Crippen molar-refractivity contribution in [3.05, 3.63) is 46.5 Å². The summed E-state index contributed by atoms with van der Waals surface area (Å²) in [6.07, 6.45) is 10.4. The van der Waals surface area contributed by atoms with Crippen molar-refractivity contribution in [1.82, 2.24) is 10.2 Å². The van der Waals surface area contributed by atoms with Crippen LogP contribution in [0.4, 0.5) is 0 Å². The Hall–Kier alpha value is -1.32. The molecule has 1 heterocycles. The van der Waals surface area contributed by atoms with Gasteiger partial charge in [0.2, 0.25) is 5.91 Å². The van der Waals surface area contributed by atoms with E-state index in [1.165, 1.54) is 36.8 Å². The maximum absolute atomic E-state index is 12.4. The Balaban J connectivity index is 1.36. The predicted octanol–water partition coefficient (Wildman–Crippen LogP) is 4.56. The van der Waals surface area contributed by atoms with Crippen LogP contribution >= 0.6 is 11.6 Å². The van der Waals surface area contributed by atoms with Crippen LogP contribution in [0.3, 0.4) is 0 Å². The van der Waals surface area contributed by atoms with Crippen LogP contribution in [0.15, 0.2) is 35.9 Å². The number of allylic oxidation sites excluding steroid dienone is 1. The van der Waals surface area contributed by atoms with Crippen LogP contribution in [0, 0.1) is 5.92 Å². The van der Waals surface area contributed by atoms with Crippen molar-refractivity contribution >= 4 is 17.5 Å². The van der Waals surface area contributed by atoms with Crippen molar-refractivity contribution < 1.29 is 4.79 Å². The molecule has 3 rings (SSSR count). The maximum atomic E-state index is 12.4. The number of hydrogen-bond acceptors (Lipinski definition) is 2. The minimum Gasteiger partial charge on any atom is -0.356 e. The molecule has 0 spiro atoms. The highest BCUT2D eigenvalue weighted by Crippen LogP contribution is 2.21. The first-order valence-electron chi connectivity index (χ1n) is 9.63. The van der Waals surface area contributed by atoms with Gasteiger partial charge in [-0.15, -0.1) is 0 Å². The standard InChI is InChI=1S/C21H29ClN2O/c22-20-8-4-7-18(15-20)16-24-13-10-19(11-14-24)21(25)23-12-9-17-5-2-1-3-6-17/h4-5,7-8,15,19H,1-3,6,9-14,16H2,(H,23,25). The van der Waals surface area contributed by atoms with Crippen LogP contribution in [0.2, 0.25) is 5.02 Å². The van der Waals surface area contributed by atoms with Gasteiger partial charge in [0.25, 0.3) is 0 Å². The summed E-state index contributed by atoms with van der Waals surface area (Å²) in [4.78, 5) is 14.8. The molecule has 1 N–H and O–H groups in total. The number of carbonyl (C=O) groups excluding carboxylic acids is 1. The monoisotopic (exact) mass is 360 g/mol. The van der Waals surface area contributed by atoms with Gasteiger partial charge in [0.15, 0.2) is 0 Å². The first-order valence-corrected chi connectivity index (χ1v) is 10.0. The Kier molecular flexibility index (Phi) is 6.94. The van der Waals surface area contributed by atoms with Gasteiger partial charge in [-0.1, -0.05) is 35.4 Å². The Morgan fingerprint density at radius 2 is 2.08 bits per heavy atom. The van der Waals surface area contributed by atoms with Gasteiger partial charge in [0.05, 0.1) is 0 Å².